The summed E-state index contributed by atoms with van der Waals surface area (Å²) in [7, 11) is 3.19. The lowest BCUT2D eigenvalue weighted by atomic mass is 10.0. The Morgan fingerprint density at radius 3 is 2.85 bits per heavy atom. The van der Waals surface area contributed by atoms with Crippen LogP contribution in [0.4, 0.5) is 0 Å². The molecule has 0 bridgehead atoms. The third-order valence-corrected chi connectivity index (χ3v) is 6.69. The zero-order valence-electron chi connectivity index (χ0n) is 18.3. The Labute approximate surface area is 204 Å². The Morgan fingerprint density at radius 2 is 2.06 bits per heavy atom. The number of hydrogen-bond donors (Lipinski definition) is 2. The minimum absolute atomic E-state index is 0.0997. The van der Waals surface area contributed by atoms with Gasteiger partial charge in [0.05, 0.1) is 26.0 Å². The van der Waals surface area contributed by atoms with Gasteiger partial charge in [-0.1, -0.05) is 46.7 Å². The van der Waals surface area contributed by atoms with Crippen molar-refractivity contribution >= 4 is 34.4 Å². The van der Waals surface area contributed by atoms with Gasteiger partial charge >= 0.3 is 0 Å². The third kappa shape index (κ3) is 4.41. The molecular formula is C22H21ClN6O4S. The van der Waals surface area contributed by atoms with Gasteiger partial charge in [-0.3, -0.25) is 9.80 Å². The van der Waals surface area contributed by atoms with Gasteiger partial charge in [0.25, 0.3) is 5.91 Å². The number of hydrogen-bond acceptors (Lipinski definition) is 10. The Balaban J connectivity index is 1.28. The van der Waals surface area contributed by atoms with E-state index >= 15 is 0 Å². The lowest BCUT2D eigenvalue weighted by Crippen LogP contribution is -2.52. The van der Waals surface area contributed by atoms with E-state index in [1.54, 1.807) is 31.4 Å². The zero-order valence-corrected chi connectivity index (χ0v) is 19.9. The van der Waals surface area contributed by atoms with Crippen molar-refractivity contribution in [1.82, 2.24) is 26.0 Å². The molecule has 3 aromatic rings. The molecule has 12 heteroatoms. The quantitative estimate of drug-likeness (QED) is 0.525. The summed E-state index contributed by atoms with van der Waals surface area (Å²) in [5, 5.41) is 11.3. The van der Waals surface area contributed by atoms with Gasteiger partial charge in [0.15, 0.2) is 16.7 Å². The maximum atomic E-state index is 12.5. The molecule has 1 fully saturated rings. The molecule has 2 atom stereocenters. The molecule has 2 unspecified atom stereocenters. The van der Waals surface area contributed by atoms with Crippen LogP contribution in [-0.2, 0) is 10.5 Å². The molecule has 1 amide bonds. The minimum Gasteiger partial charge on any atom is -0.493 e. The van der Waals surface area contributed by atoms with Gasteiger partial charge in [0.2, 0.25) is 11.7 Å². The number of amidine groups is 1. The molecule has 0 spiro atoms. The Hall–Kier alpha value is -3.28. The number of hydrazone groups is 1. The van der Waals surface area contributed by atoms with Crippen LogP contribution in [-0.4, -0.2) is 46.5 Å². The number of carbonyl (C=O) groups excluding carboxylic acids is 1. The number of nitrogens with one attached hydrogen (secondary N) is 2. The molecule has 3 heterocycles. The van der Waals surface area contributed by atoms with Crippen molar-refractivity contribution in [3.05, 3.63) is 58.9 Å². The van der Waals surface area contributed by atoms with E-state index in [4.69, 9.17) is 25.6 Å². The molecule has 10 nitrogen and oxygen atoms in total. The largest absolute Gasteiger partial charge is 0.493 e. The summed E-state index contributed by atoms with van der Waals surface area (Å²) in [6, 6.07) is 12.5. The predicted octanol–water partition coefficient (Wildman–Crippen LogP) is 3.36. The van der Waals surface area contributed by atoms with Gasteiger partial charge in [-0.2, -0.15) is 4.98 Å². The maximum Gasteiger partial charge on any atom is 0.264 e. The zero-order chi connectivity index (χ0) is 23.7. The van der Waals surface area contributed by atoms with E-state index in [9.17, 15) is 4.79 Å². The van der Waals surface area contributed by atoms with E-state index in [-0.39, 0.29) is 11.9 Å². The van der Waals surface area contributed by atoms with E-state index in [0.717, 1.165) is 11.1 Å². The molecule has 34 heavy (non-hydrogen) atoms. The summed E-state index contributed by atoms with van der Waals surface area (Å²) in [4.78, 5) is 16.9. The molecule has 2 N–H and O–H groups in total. The lowest BCUT2D eigenvalue weighted by molar-refractivity contribution is -0.125. The molecule has 1 aromatic heterocycles. The second-order valence-corrected chi connectivity index (χ2v) is 8.98. The number of carbonyl (C=O) groups is 1. The molecule has 0 saturated carbocycles. The van der Waals surface area contributed by atoms with Gasteiger partial charge in [-0.15, -0.1) is 5.10 Å². The van der Waals surface area contributed by atoms with Crippen LogP contribution in [0.5, 0.6) is 11.5 Å². The number of amides is 1. The Bertz CT molecular complexity index is 1250. The molecule has 2 aromatic carbocycles. The average Bonchev–Trinajstić information content (AvgIpc) is 3.52. The third-order valence-electron chi connectivity index (χ3n) is 5.52. The SMILES string of the molecule is COc1ccc(C2CC3C(=O)NN=C(SCc4nc(-c5cccc(Cl)c5)no4)N3N2)cc1OC. The first-order valence-electron chi connectivity index (χ1n) is 10.4. The maximum absolute atomic E-state index is 12.5. The van der Waals surface area contributed by atoms with Crippen molar-refractivity contribution in [2.75, 3.05) is 14.2 Å². The predicted molar refractivity (Wildman–Crippen MR) is 127 cm³/mol. The van der Waals surface area contributed by atoms with Gasteiger partial charge in [0.1, 0.15) is 6.04 Å². The monoisotopic (exact) mass is 500 g/mol. The number of thioether (sulfide) groups is 1. The average molecular weight is 501 g/mol. The van der Waals surface area contributed by atoms with Gasteiger partial charge in [-0.25, -0.2) is 10.9 Å². The summed E-state index contributed by atoms with van der Waals surface area (Å²) in [5.41, 5.74) is 7.76. The number of benzene rings is 2. The summed E-state index contributed by atoms with van der Waals surface area (Å²) in [6.07, 6.45) is 0.570. The van der Waals surface area contributed by atoms with Crippen molar-refractivity contribution in [3.8, 4) is 22.9 Å². The highest BCUT2D eigenvalue weighted by molar-refractivity contribution is 8.13. The summed E-state index contributed by atoms with van der Waals surface area (Å²) >= 11 is 7.43. The van der Waals surface area contributed by atoms with Crippen molar-refractivity contribution in [1.29, 1.82) is 0 Å². The highest BCUT2D eigenvalue weighted by Gasteiger charge is 2.42. The first kappa shape index (κ1) is 22.5. The van der Waals surface area contributed by atoms with E-state index in [0.29, 0.717) is 45.6 Å². The van der Waals surface area contributed by atoms with Gasteiger partial charge in [-0.05, 0) is 36.2 Å². The summed E-state index contributed by atoms with van der Waals surface area (Å²) in [5.74, 6) is 2.39. The normalized spacial score (nSPS) is 19.4. The smallest absolute Gasteiger partial charge is 0.264 e. The van der Waals surface area contributed by atoms with Crippen LogP contribution in [0.15, 0.2) is 52.1 Å². The fourth-order valence-electron chi connectivity index (χ4n) is 3.85. The highest BCUT2D eigenvalue weighted by Crippen LogP contribution is 2.36. The number of aromatic nitrogens is 2. The van der Waals surface area contributed by atoms with Crippen molar-refractivity contribution in [2.45, 2.75) is 24.3 Å². The molecule has 176 valence electrons. The van der Waals surface area contributed by atoms with E-state index in [1.165, 1.54) is 11.8 Å². The number of hydrazine groups is 1. The second-order valence-electron chi connectivity index (χ2n) is 7.60. The lowest BCUT2D eigenvalue weighted by Gasteiger charge is -2.29. The molecule has 0 radical (unpaired) electrons. The number of rotatable bonds is 6. The van der Waals surface area contributed by atoms with E-state index in [2.05, 4.69) is 26.1 Å². The number of ether oxygens (including phenoxy) is 2. The second kappa shape index (κ2) is 9.53. The van der Waals surface area contributed by atoms with Crippen LogP contribution in [0.25, 0.3) is 11.4 Å². The molecule has 5 rings (SSSR count). The van der Waals surface area contributed by atoms with E-state index < -0.39 is 6.04 Å². The Morgan fingerprint density at radius 1 is 1.21 bits per heavy atom. The fourth-order valence-corrected chi connectivity index (χ4v) is 4.84. The molecular weight excluding hydrogens is 480 g/mol. The molecule has 1 saturated heterocycles. The van der Waals surface area contributed by atoms with Crippen molar-refractivity contribution < 1.29 is 18.8 Å². The van der Waals surface area contributed by atoms with Crippen LogP contribution >= 0.6 is 23.4 Å². The van der Waals surface area contributed by atoms with Crippen molar-refractivity contribution in [3.63, 3.8) is 0 Å². The minimum atomic E-state index is -0.400. The molecule has 2 aliphatic heterocycles. The number of fused-ring (bicyclic) bond motifs is 1. The van der Waals surface area contributed by atoms with Crippen molar-refractivity contribution in [2.24, 2.45) is 5.10 Å². The van der Waals surface area contributed by atoms with E-state index in [1.807, 2.05) is 30.3 Å². The summed E-state index contributed by atoms with van der Waals surface area (Å²) < 4.78 is 16.1. The van der Waals surface area contributed by atoms with Crippen LogP contribution in [0.1, 0.15) is 23.9 Å². The number of halogens is 1. The standard InChI is InChI=1S/C22H21ClN6O4S/c1-31-17-7-6-12(9-18(17)32-2)15-10-16-21(30)25-26-22(29(16)27-15)34-11-19-24-20(28-33-19)13-4-3-5-14(23)8-13/h3-9,15-16,27H,10-11H2,1-2H3,(H,25,30). The first-order chi connectivity index (χ1) is 16.6. The molecule has 0 aliphatic carbocycles. The van der Waals surface area contributed by atoms with Crippen LogP contribution < -0.4 is 20.3 Å². The van der Waals surface area contributed by atoms with Gasteiger partial charge in [0, 0.05) is 10.6 Å². The number of nitrogens with zero attached hydrogens (tertiary/aromatic N) is 4. The van der Waals surface area contributed by atoms with Crippen LogP contribution in [0.2, 0.25) is 5.02 Å². The van der Waals surface area contributed by atoms with Crippen LogP contribution in [0.3, 0.4) is 0 Å². The molecule has 2 aliphatic rings. The first-order valence-corrected chi connectivity index (χ1v) is 11.8. The van der Waals surface area contributed by atoms with Gasteiger partial charge < -0.3 is 14.0 Å². The number of methoxy groups -OCH3 is 2. The van der Waals surface area contributed by atoms with Crippen LogP contribution in [0, 0.1) is 0 Å². The fraction of sp³-hybridized carbons (Fsp3) is 0.273. The topological polar surface area (TPSA) is 114 Å². The highest BCUT2D eigenvalue weighted by atomic mass is 35.5. The summed E-state index contributed by atoms with van der Waals surface area (Å²) in [6.45, 7) is 0. The Kier molecular flexibility index (Phi) is 6.31.